The molecule has 12 nitrogen and oxygen atoms in total. The Bertz CT molecular complexity index is 682. The van der Waals surface area contributed by atoms with Crippen molar-refractivity contribution in [1.82, 2.24) is 20.8 Å². The maximum absolute atomic E-state index is 12.2. The topological polar surface area (TPSA) is 171 Å². The van der Waals surface area contributed by atoms with E-state index in [1.54, 1.807) is 0 Å². The zero-order valence-corrected chi connectivity index (χ0v) is 13.2. The highest BCUT2D eigenvalue weighted by molar-refractivity contribution is 7.80. The molecule has 2 saturated heterocycles. The Balaban J connectivity index is 1.59. The Morgan fingerprint density at radius 3 is 2.46 bits per heavy atom. The highest BCUT2D eigenvalue weighted by Gasteiger charge is 2.49. The van der Waals surface area contributed by atoms with E-state index in [1.807, 2.05) is 0 Å². The van der Waals surface area contributed by atoms with Crippen molar-refractivity contribution in [2.75, 3.05) is 6.54 Å². The van der Waals surface area contributed by atoms with Crippen LogP contribution < -0.4 is 16.6 Å². The number of urea groups is 1. The number of hydrogen-bond acceptors (Lipinski definition) is 7. The average Bonchev–Trinajstić information content (AvgIpc) is 3.20. The molecule has 4 amide bonds. The number of hydrazine groups is 1. The number of hydrogen-bond donors (Lipinski definition) is 4. The fourth-order valence-electron chi connectivity index (χ4n) is 2.92. The van der Waals surface area contributed by atoms with Gasteiger partial charge < -0.3 is 10.6 Å². The molecule has 0 aromatic carbocycles. The summed E-state index contributed by atoms with van der Waals surface area (Å²) in [6.07, 6.45) is 1.11. The summed E-state index contributed by atoms with van der Waals surface area (Å²) in [6.45, 7) is 0.0773. The number of fused-ring (bicyclic) bond motifs is 2. The van der Waals surface area contributed by atoms with Crippen LogP contribution in [-0.4, -0.2) is 65.4 Å². The lowest BCUT2D eigenvalue weighted by atomic mass is 10.0. The number of nitrogens with one attached hydrogen (secondary N) is 2. The predicted molar refractivity (Wildman–Crippen MR) is 75.8 cm³/mol. The molecule has 3 rings (SSSR count). The van der Waals surface area contributed by atoms with Crippen LogP contribution in [0.25, 0.3) is 0 Å². The summed E-state index contributed by atoms with van der Waals surface area (Å²) in [6, 6.07) is -2.51. The van der Waals surface area contributed by atoms with Gasteiger partial charge in [0.1, 0.15) is 6.04 Å². The Morgan fingerprint density at radius 1 is 1.25 bits per heavy atom. The minimum Gasteiger partial charge on any atom is -0.327 e. The number of carbonyl (C=O) groups is 3. The number of nitrogens with two attached hydrogens (primary N) is 1. The van der Waals surface area contributed by atoms with Gasteiger partial charge in [-0.3, -0.25) is 25.0 Å². The molecular weight excluding hydrogens is 346 g/mol. The number of amides is 4. The normalized spacial score (nSPS) is 31.8. The Labute approximate surface area is 137 Å². The van der Waals surface area contributed by atoms with E-state index in [2.05, 4.69) is 15.1 Å². The molecule has 0 spiro atoms. The zero-order valence-electron chi connectivity index (χ0n) is 12.4. The summed E-state index contributed by atoms with van der Waals surface area (Å²) in [5.74, 6) is -1.32. The van der Waals surface area contributed by atoms with Crippen LogP contribution in [0.4, 0.5) is 4.79 Å². The first kappa shape index (κ1) is 16.9. The summed E-state index contributed by atoms with van der Waals surface area (Å²) < 4.78 is 34.6. The number of nitrogens with zero attached hydrogens (tertiary/aromatic N) is 2. The number of rotatable bonds is 4. The highest BCUT2D eigenvalue weighted by Crippen LogP contribution is 2.31. The smallest absolute Gasteiger partial charge is 0.327 e. The maximum atomic E-state index is 12.2. The molecule has 0 aromatic rings. The van der Waals surface area contributed by atoms with Gasteiger partial charge in [0.2, 0.25) is 5.91 Å². The molecule has 13 heteroatoms. The maximum Gasteiger partial charge on any atom is 0.418 e. The van der Waals surface area contributed by atoms with E-state index in [0.29, 0.717) is 17.9 Å². The molecule has 1 saturated carbocycles. The van der Waals surface area contributed by atoms with E-state index < -0.39 is 40.3 Å². The predicted octanol–water partition coefficient (Wildman–Crippen LogP) is -2.52. The van der Waals surface area contributed by atoms with Crippen LogP contribution in [0.15, 0.2) is 0 Å². The minimum absolute atomic E-state index is 0.0773. The van der Waals surface area contributed by atoms with Gasteiger partial charge in [-0.1, -0.05) is 0 Å². The first-order valence-electron chi connectivity index (χ1n) is 7.29. The quantitative estimate of drug-likeness (QED) is 0.313. The van der Waals surface area contributed by atoms with Crippen molar-refractivity contribution in [2.24, 2.45) is 11.7 Å². The fraction of sp³-hybridized carbons (Fsp3) is 0.727. The van der Waals surface area contributed by atoms with Gasteiger partial charge in [0.25, 0.3) is 5.91 Å². The second kappa shape index (κ2) is 5.84. The van der Waals surface area contributed by atoms with Gasteiger partial charge in [-0.15, -0.1) is 4.28 Å². The molecule has 2 aliphatic heterocycles. The van der Waals surface area contributed by atoms with Crippen LogP contribution in [-0.2, 0) is 24.3 Å². The van der Waals surface area contributed by atoms with E-state index in [9.17, 15) is 22.8 Å². The monoisotopic (exact) mass is 363 g/mol. The summed E-state index contributed by atoms with van der Waals surface area (Å²) >= 11 is 0. The molecule has 3 fully saturated rings. The molecule has 134 valence electrons. The van der Waals surface area contributed by atoms with Crippen molar-refractivity contribution < 1.29 is 31.6 Å². The van der Waals surface area contributed by atoms with E-state index >= 15 is 0 Å². The number of carbonyl (C=O) groups excluding carboxylic acids is 3. The molecule has 4 atom stereocenters. The number of hydroxylamine groups is 2. The van der Waals surface area contributed by atoms with Crippen molar-refractivity contribution in [3.63, 3.8) is 0 Å². The van der Waals surface area contributed by atoms with Gasteiger partial charge in [0, 0.05) is 12.6 Å². The second-order valence-corrected chi connectivity index (χ2v) is 7.00. The summed E-state index contributed by atoms with van der Waals surface area (Å²) in [7, 11) is -4.84. The van der Waals surface area contributed by atoms with Gasteiger partial charge >= 0.3 is 16.4 Å². The van der Waals surface area contributed by atoms with Crippen molar-refractivity contribution in [3.05, 3.63) is 0 Å². The third-order valence-electron chi connectivity index (χ3n) is 4.29. The molecule has 24 heavy (non-hydrogen) atoms. The molecule has 2 heterocycles. The first-order valence-corrected chi connectivity index (χ1v) is 8.66. The van der Waals surface area contributed by atoms with Crippen LogP contribution in [0, 0.1) is 5.92 Å². The van der Waals surface area contributed by atoms with Gasteiger partial charge in [-0.2, -0.15) is 13.5 Å². The van der Waals surface area contributed by atoms with Crippen LogP contribution in [0.1, 0.15) is 19.3 Å². The average molecular weight is 363 g/mol. The Hall–Kier alpha value is -1.96. The molecule has 0 radical (unpaired) electrons. The molecule has 0 aromatic heterocycles. The largest absolute Gasteiger partial charge is 0.418 e. The van der Waals surface area contributed by atoms with Crippen molar-refractivity contribution in [1.29, 1.82) is 0 Å². The molecule has 2 bridgehead atoms. The third-order valence-corrected chi connectivity index (χ3v) is 4.63. The van der Waals surface area contributed by atoms with Crippen molar-refractivity contribution in [2.45, 2.75) is 37.4 Å². The molecule has 3 aliphatic rings. The third kappa shape index (κ3) is 3.28. The van der Waals surface area contributed by atoms with E-state index in [4.69, 9.17) is 10.3 Å². The van der Waals surface area contributed by atoms with E-state index in [1.165, 1.54) is 0 Å². The van der Waals surface area contributed by atoms with Gasteiger partial charge in [-0.25, -0.2) is 4.79 Å². The summed E-state index contributed by atoms with van der Waals surface area (Å²) in [4.78, 5) is 37.1. The van der Waals surface area contributed by atoms with Crippen LogP contribution >= 0.6 is 0 Å². The fourth-order valence-corrected chi connectivity index (χ4v) is 3.31. The molecular formula is C11H17N5O7S. The Morgan fingerprint density at radius 2 is 1.88 bits per heavy atom. The Kier molecular flexibility index (Phi) is 4.11. The van der Waals surface area contributed by atoms with E-state index in [-0.39, 0.29) is 24.9 Å². The molecule has 5 N–H and O–H groups in total. The van der Waals surface area contributed by atoms with E-state index in [0.717, 1.165) is 4.90 Å². The lowest BCUT2D eigenvalue weighted by Gasteiger charge is -2.29. The minimum atomic E-state index is -4.84. The lowest BCUT2D eigenvalue weighted by molar-refractivity contribution is -0.132. The molecule has 1 aliphatic carbocycles. The summed E-state index contributed by atoms with van der Waals surface area (Å²) in [5.41, 5.74) is 10.0. The zero-order chi connectivity index (χ0) is 17.6. The van der Waals surface area contributed by atoms with Crippen LogP contribution in [0.2, 0.25) is 0 Å². The van der Waals surface area contributed by atoms with Crippen LogP contribution in [0.5, 0.6) is 0 Å². The molecule has 2 unspecified atom stereocenters. The summed E-state index contributed by atoms with van der Waals surface area (Å²) in [5, 5.41) is 0.546. The first-order chi connectivity index (χ1) is 11.2. The lowest BCUT2D eigenvalue weighted by Crippen LogP contribution is -2.54. The number of piperidine rings is 1. The van der Waals surface area contributed by atoms with Gasteiger partial charge in [0.15, 0.2) is 0 Å². The van der Waals surface area contributed by atoms with Crippen molar-refractivity contribution >= 4 is 28.2 Å². The van der Waals surface area contributed by atoms with Crippen molar-refractivity contribution in [3.8, 4) is 0 Å². The highest BCUT2D eigenvalue weighted by atomic mass is 32.3. The second-order valence-electron chi connectivity index (χ2n) is 5.99. The van der Waals surface area contributed by atoms with Crippen LogP contribution in [0.3, 0.4) is 0 Å². The SMILES string of the molecule is NC1CC1C(=O)NNC(=O)[C@H]1CC[C@H]2CN1C(=O)N2OS(=O)(=O)O. The van der Waals surface area contributed by atoms with Gasteiger partial charge in [0.05, 0.1) is 12.0 Å². The van der Waals surface area contributed by atoms with Gasteiger partial charge in [-0.05, 0) is 19.3 Å². The standard InChI is InChI=1S/C11H17N5O7S/c12-7-3-6(7)9(17)13-14-10(18)8-2-1-5-4-15(8)11(19)16(5)23-24(20,21)22/h5-8H,1-4,12H2,(H,13,17)(H,14,18)(H,20,21,22)/t5-,6?,7?,8+/m0/s1.